The van der Waals surface area contributed by atoms with E-state index in [4.69, 9.17) is 18.9 Å². The lowest BCUT2D eigenvalue weighted by atomic mass is 10.0. The molecule has 6 heteroatoms. The van der Waals surface area contributed by atoms with Crippen molar-refractivity contribution in [2.45, 2.75) is 58.2 Å². The number of fused-ring (bicyclic) bond motifs is 1. The maximum absolute atomic E-state index is 9.82. The van der Waals surface area contributed by atoms with Gasteiger partial charge in [0.1, 0.15) is 12.2 Å². The van der Waals surface area contributed by atoms with Crippen molar-refractivity contribution in [2.75, 3.05) is 26.9 Å². The molecule has 0 radical (unpaired) electrons. The molecular weight excluding hydrogens is 264 g/mol. The van der Waals surface area contributed by atoms with Crippen LogP contribution in [0, 0.1) is 0 Å². The number of ether oxygens (including phenoxy) is 5. The Morgan fingerprint density at radius 3 is 2.60 bits per heavy atom. The van der Waals surface area contributed by atoms with Gasteiger partial charge in [0.15, 0.2) is 5.79 Å². The fraction of sp³-hybridized carbons (Fsp3) is 0.929. The molecule has 3 atom stereocenters. The van der Waals surface area contributed by atoms with Crippen molar-refractivity contribution >= 4 is 5.97 Å². The summed E-state index contributed by atoms with van der Waals surface area (Å²) in [6.45, 7) is 8.82. The van der Waals surface area contributed by atoms with Gasteiger partial charge in [-0.1, -0.05) is 0 Å². The van der Waals surface area contributed by atoms with Gasteiger partial charge in [-0.25, -0.2) is 0 Å². The quantitative estimate of drug-likeness (QED) is 0.718. The van der Waals surface area contributed by atoms with Crippen LogP contribution in [0.3, 0.4) is 0 Å². The van der Waals surface area contributed by atoms with Gasteiger partial charge < -0.3 is 23.7 Å². The third-order valence-electron chi connectivity index (χ3n) is 3.13. The Bertz CT molecular complexity index is 298. The van der Waals surface area contributed by atoms with E-state index in [2.05, 4.69) is 4.74 Å². The predicted octanol–water partition coefficient (Wildman–Crippen LogP) is 1.51. The first-order valence-corrected chi connectivity index (χ1v) is 6.99. The summed E-state index contributed by atoms with van der Waals surface area (Å²) in [6.07, 6.45) is 1.07. The first kappa shape index (κ1) is 17.4. The van der Waals surface area contributed by atoms with Crippen LogP contribution in [0.2, 0.25) is 0 Å². The van der Waals surface area contributed by atoms with Gasteiger partial charge in [0.2, 0.25) is 0 Å². The molecule has 6 nitrogen and oxygen atoms in total. The third-order valence-corrected chi connectivity index (χ3v) is 3.13. The highest BCUT2D eigenvalue weighted by atomic mass is 16.7. The van der Waals surface area contributed by atoms with Gasteiger partial charge in [-0.2, -0.15) is 0 Å². The lowest BCUT2D eigenvalue weighted by molar-refractivity contribution is -0.337. The van der Waals surface area contributed by atoms with Gasteiger partial charge in [0.25, 0.3) is 0 Å². The number of esters is 1. The van der Waals surface area contributed by atoms with Crippen LogP contribution in [0.4, 0.5) is 0 Å². The summed E-state index contributed by atoms with van der Waals surface area (Å²) in [5.74, 6) is -0.726. The average Bonchev–Trinajstić information content (AvgIpc) is 2.37. The molecular formula is C14H26O6. The number of hydrogen-bond donors (Lipinski definition) is 0. The van der Waals surface area contributed by atoms with Crippen molar-refractivity contribution in [1.82, 2.24) is 0 Å². The largest absolute Gasteiger partial charge is 0.466 e. The van der Waals surface area contributed by atoms with Gasteiger partial charge >= 0.3 is 5.97 Å². The number of methoxy groups -OCH3 is 1. The van der Waals surface area contributed by atoms with Crippen LogP contribution in [-0.2, 0) is 28.5 Å². The third kappa shape index (κ3) is 5.36. The molecule has 2 fully saturated rings. The zero-order valence-electron chi connectivity index (χ0n) is 13.0. The molecule has 0 bridgehead atoms. The Morgan fingerprint density at radius 2 is 2.10 bits per heavy atom. The van der Waals surface area contributed by atoms with Crippen LogP contribution >= 0.6 is 0 Å². The molecule has 0 N–H and O–H groups in total. The van der Waals surface area contributed by atoms with Crippen LogP contribution < -0.4 is 0 Å². The molecule has 0 aromatic carbocycles. The molecule has 0 unspecified atom stereocenters. The molecule has 0 aromatic heterocycles. The molecule has 2 aliphatic heterocycles. The normalized spacial score (nSPS) is 31.6. The molecule has 20 heavy (non-hydrogen) atoms. The maximum atomic E-state index is 9.82. The van der Waals surface area contributed by atoms with E-state index < -0.39 is 5.79 Å². The average molecular weight is 290 g/mol. The van der Waals surface area contributed by atoms with Crippen LogP contribution in [0.5, 0.6) is 0 Å². The molecule has 0 amide bonds. The zero-order valence-corrected chi connectivity index (χ0v) is 13.0. The van der Waals surface area contributed by atoms with Gasteiger partial charge in [0.05, 0.1) is 19.3 Å². The number of carbonyl (C=O) groups excluding carboxylic acids is 1. The Morgan fingerprint density at radius 1 is 1.40 bits per heavy atom. The zero-order chi connectivity index (χ0) is 15.2. The highest BCUT2D eigenvalue weighted by Crippen LogP contribution is 2.30. The molecule has 0 aliphatic carbocycles. The van der Waals surface area contributed by atoms with E-state index in [0.29, 0.717) is 13.2 Å². The fourth-order valence-corrected chi connectivity index (χ4v) is 2.23. The fourth-order valence-electron chi connectivity index (χ4n) is 2.23. The lowest BCUT2D eigenvalue weighted by Crippen LogP contribution is -2.57. The topological polar surface area (TPSA) is 63.2 Å². The highest BCUT2D eigenvalue weighted by molar-refractivity contribution is 5.65. The van der Waals surface area contributed by atoms with Crippen LogP contribution in [0.1, 0.15) is 34.1 Å². The lowest BCUT2D eigenvalue weighted by Gasteiger charge is -2.45. The summed E-state index contributed by atoms with van der Waals surface area (Å²) < 4.78 is 26.7. The molecule has 0 saturated carbocycles. The molecule has 0 spiro atoms. The summed E-state index contributed by atoms with van der Waals surface area (Å²) in [7, 11) is 1.72. The second kappa shape index (κ2) is 7.93. The van der Waals surface area contributed by atoms with E-state index >= 15 is 0 Å². The Labute approximate surface area is 120 Å². The smallest absolute Gasteiger partial charge is 0.302 e. The number of carbonyl (C=O) groups is 1. The van der Waals surface area contributed by atoms with E-state index in [1.807, 2.05) is 13.8 Å². The minimum absolute atomic E-state index is 0.0116. The Balaban J connectivity index is 0.000000286. The van der Waals surface area contributed by atoms with E-state index in [0.717, 1.165) is 13.0 Å². The molecule has 2 saturated heterocycles. The minimum Gasteiger partial charge on any atom is -0.466 e. The van der Waals surface area contributed by atoms with Crippen molar-refractivity contribution in [3.8, 4) is 0 Å². The SMILES string of the molecule is CCOC(C)=O.CO[C@@H]1CCO[C@@H]2COC(C)(C)O[C@@H]12. The van der Waals surface area contributed by atoms with E-state index in [9.17, 15) is 4.79 Å². The Hall–Kier alpha value is -0.690. The van der Waals surface area contributed by atoms with Crippen LogP contribution in [0.25, 0.3) is 0 Å². The number of rotatable bonds is 2. The second-order valence-electron chi connectivity index (χ2n) is 5.19. The van der Waals surface area contributed by atoms with Crippen LogP contribution in [0.15, 0.2) is 0 Å². The molecule has 118 valence electrons. The van der Waals surface area contributed by atoms with Crippen molar-refractivity contribution in [2.24, 2.45) is 0 Å². The molecule has 2 aliphatic rings. The summed E-state index contributed by atoms with van der Waals surface area (Å²) >= 11 is 0. The highest BCUT2D eigenvalue weighted by Gasteiger charge is 2.43. The summed E-state index contributed by atoms with van der Waals surface area (Å²) in [5.41, 5.74) is 0. The van der Waals surface area contributed by atoms with Crippen molar-refractivity contribution in [3.05, 3.63) is 0 Å². The molecule has 2 rings (SSSR count). The summed E-state index contributed by atoms with van der Waals surface area (Å²) in [4.78, 5) is 9.82. The van der Waals surface area contributed by atoms with Gasteiger partial charge in [0, 0.05) is 20.6 Å². The van der Waals surface area contributed by atoms with Crippen molar-refractivity contribution in [1.29, 1.82) is 0 Å². The van der Waals surface area contributed by atoms with Crippen molar-refractivity contribution < 1.29 is 28.5 Å². The molecule has 0 aromatic rings. The van der Waals surface area contributed by atoms with E-state index in [1.54, 1.807) is 14.0 Å². The summed E-state index contributed by atoms with van der Waals surface area (Å²) in [6, 6.07) is 0. The summed E-state index contributed by atoms with van der Waals surface area (Å²) in [5, 5.41) is 0. The Kier molecular flexibility index (Phi) is 6.88. The monoisotopic (exact) mass is 290 g/mol. The van der Waals surface area contributed by atoms with Gasteiger partial charge in [-0.3, -0.25) is 4.79 Å². The van der Waals surface area contributed by atoms with E-state index in [-0.39, 0.29) is 24.3 Å². The molecule has 2 heterocycles. The maximum Gasteiger partial charge on any atom is 0.302 e. The van der Waals surface area contributed by atoms with Crippen molar-refractivity contribution in [3.63, 3.8) is 0 Å². The van der Waals surface area contributed by atoms with Gasteiger partial charge in [-0.15, -0.1) is 0 Å². The second-order valence-corrected chi connectivity index (χ2v) is 5.19. The minimum atomic E-state index is -0.515. The number of hydrogen-bond acceptors (Lipinski definition) is 6. The first-order chi connectivity index (χ1) is 9.39. The van der Waals surface area contributed by atoms with Gasteiger partial charge in [-0.05, 0) is 27.2 Å². The standard InChI is InChI=1S/C10H18O4.C4H8O2/c1-10(2)13-6-8-9(14-10)7(11-3)4-5-12-8;1-3-6-4(2)5/h7-9H,4-6H2,1-3H3;3H2,1-2H3/t7-,8-,9+;/m1./s1. The van der Waals surface area contributed by atoms with Crippen LogP contribution in [-0.4, -0.2) is 57.0 Å². The van der Waals surface area contributed by atoms with E-state index in [1.165, 1.54) is 6.92 Å². The predicted molar refractivity (Wildman–Crippen MR) is 72.4 cm³/mol. The first-order valence-electron chi connectivity index (χ1n) is 6.99.